The molecule has 2 bridgehead atoms. The molecule has 3 N–H and O–H groups in total. The second kappa shape index (κ2) is 3.97. The van der Waals surface area contributed by atoms with Crippen LogP contribution in [0.5, 0.6) is 0 Å². The van der Waals surface area contributed by atoms with Gasteiger partial charge in [-0.25, -0.2) is 0 Å². The molecular formula is C13H25NO2. The fourth-order valence-corrected chi connectivity index (χ4v) is 3.90. The van der Waals surface area contributed by atoms with Gasteiger partial charge in [-0.2, -0.15) is 0 Å². The summed E-state index contributed by atoms with van der Waals surface area (Å²) in [6, 6.07) is 0.294. The third kappa shape index (κ3) is 1.52. The molecule has 2 aliphatic carbocycles. The van der Waals surface area contributed by atoms with Crippen LogP contribution < -0.4 is 5.32 Å². The number of rotatable bonds is 4. The second-order valence-electron chi connectivity index (χ2n) is 6.39. The zero-order valence-corrected chi connectivity index (χ0v) is 10.7. The van der Waals surface area contributed by atoms with Crippen LogP contribution in [0.3, 0.4) is 0 Å². The summed E-state index contributed by atoms with van der Waals surface area (Å²) >= 11 is 0. The maximum absolute atomic E-state index is 9.15. The summed E-state index contributed by atoms with van der Waals surface area (Å²) in [6.45, 7) is 7.16. The van der Waals surface area contributed by atoms with Gasteiger partial charge in [-0.15, -0.1) is 0 Å². The molecule has 0 radical (unpaired) electrons. The van der Waals surface area contributed by atoms with Gasteiger partial charge in [-0.1, -0.05) is 20.8 Å². The SMILES string of the molecule is CC1(C)C2CCC1(C)C(NC(CO)CO)C2. The average Bonchev–Trinajstić information content (AvgIpc) is 2.58. The fourth-order valence-electron chi connectivity index (χ4n) is 3.90. The monoisotopic (exact) mass is 227 g/mol. The number of aliphatic hydroxyl groups excluding tert-OH is 2. The molecule has 0 spiro atoms. The quantitative estimate of drug-likeness (QED) is 0.675. The molecule has 3 unspecified atom stereocenters. The van der Waals surface area contributed by atoms with Gasteiger partial charge in [0.15, 0.2) is 0 Å². The van der Waals surface area contributed by atoms with Gasteiger partial charge in [0, 0.05) is 6.04 Å². The van der Waals surface area contributed by atoms with Gasteiger partial charge in [0.2, 0.25) is 0 Å². The zero-order valence-electron chi connectivity index (χ0n) is 10.7. The van der Waals surface area contributed by atoms with Crippen LogP contribution in [0.2, 0.25) is 0 Å². The standard InChI is InChI=1S/C13H25NO2/c1-12(2)9-4-5-13(12,3)11(6-9)14-10(7-15)8-16/h9-11,14-16H,4-8H2,1-3H3. The van der Waals surface area contributed by atoms with Gasteiger partial charge in [-0.05, 0) is 36.0 Å². The topological polar surface area (TPSA) is 52.5 Å². The highest BCUT2D eigenvalue weighted by molar-refractivity contribution is 5.13. The average molecular weight is 227 g/mol. The Morgan fingerprint density at radius 2 is 1.88 bits per heavy atom. The molecule has 2 rings (SSSR count). The number of hydrogen-bond acceptors (Lipinski definition) is 3. The minimum atomic E-state index is -0.156. The predicted octanol–water partition coefficient (Wildman–Crippen LogP) is 1.14. The number of hydrogen-bond donors (Lipinski definition) is 3. The molecule has 3 nitrogen and oxygen atoms in total. The lowest BCUT2D eigenvalue weighted by atomic mass is 9.69. The first-order valence-electron chi connectivity index (χ1n) is 6.43. The van der Waals surface area contributed by atoms with E-state index in [-0.39, 0.29) is 19.3 Å². The van der Waals surface area contributed by atoms with E-state index >= 15 is 0 Å². The smallest absolute Gasteiger partial charge is 0.0607 e. The van der Waals surface area contributed by atoms with E-state index in [1.165, 1.54) is 19.3 Å². The number of aliphatic hydroxyl groups is 2. The molecule has 16 heavy (non-hydrogen) atoms. The first-order valence-corrected chi connectivity index (χ1v) is 6.43. The van der Waals surface area contributed by atoms with Crippen molar-refractivity contribution in [3.63, 3.8) is 0 Å². The third-order valence-corrected chi connectivity index (χ3v) is 5.67. The van der Waals surface area contributed by atoms with Crippen molar-refractivity contribution in [3.05, 3.63) is 0 Å². The predicted molar refractivity (Wildman–Crippen MR) is 64.1 cm³/mol. The first-order chi connectivity index (χ1) is 7.45. The molecule has 2 aliphatic rings. The van der Waals surface area contributed by atoms with Crippen LogP contribution in [0.25, 0.3) is 0 Å². The van der Waals surface area contributed by atoms with Crippen LogP contribution in [0.4, 0.5) is 0 Å². The van der Waals surface area contributed by atoms with E-state index in [4.69, 9.17) is 10.2 Å². The molecule has 0 saturated heterocycles. The van der Waals surface area contributed by atoms with Crippen molar-refractivity contribution in [2.24, 2.45) is 16.7 Å². The van der Waals surface area contributed by atoms with Crippen LogP contribution in [-0.4, -0.2) is 35.5 Å². The molecule has 0 heterocycles. The van der Waals surface area contributed by atoms with E-state index in [1.807, 2.05) is 0 Å². The third-order valence-electron chi connectivity index (χ3n) is 5.67. The second-order valence-corrected chi connectivity index (χ2v) is 6.39. The summed E-state index contributed by atoms with van der Waals surface area (Å²) in [5.74, 6) is 0.799. The normalized spacial score (nSPS) is 40.9. The largest absolute Gasteiger partial charge is 0.395 e. The van der Waals surface area contributed by atoms with E-state index in [2.05, 4.69) is 26.1 Å². The molecule has 0 aromatic rings. The van der Waals surface area contributed by atoms with Crippen molar-refractivity contribution < 1.29 is 10.2 Å². The fraction of sp³-hybridized carbons (Fsp3) is 1.00. The van der Waals surface area contributed by atoms with E-state index in [9.17, 15) is 0 Å². The summed E-state index contributed by atoms with van der Waals surface area (Å²) < 4.78 is 0. The molecule has 0 aliphatic heterocycles. The molecule has 3 atom stereocenters. The van der Waals surface area contributed by atoms with Gasteiger partial charge in [-0.3, -0.25) is 0 Å². The highest BCUT2D eigenvalue weighted by Crippen LogP contribution is 2.65. The molecule has 0 amide bonds. The molecule has 0 aromatic carbocycles. The van der Waals surface area contributed by atoms with Crippen molar-refractivity contribution in [1.29, 1.82) is 0 Å². The summed E-state index contributed by atoms with van der Waals surface area (Å²) in [5, 5.41) is 21.7. The van der Waals surface area contributed by atoms with E-state index in [0.717, 1.165) is 5.92 Å². The van der Waals surface area contributed by atoms with Crippen LogP contribution in [0.1, 0.15) is 40.0 Å². The molecule has 0 aromatic heterocycles. The molecule has 94 valence electrons. The lowest BCUT2D eigenvalue weighted by molar-refractivity contribution is 0.0925. The Kier molecular flexibility index (Phi) is 3.06. The summed E-state index contributed by atoms with van der Waals surface area (Å²) in [7, 11) is 0. The van der Waals surface area contributed by atoms with Gasteiger partial charge in [0.05, 0.1) is 19.3 Å². The van der Waals surface area contributed by atoms with Crippen LogP contribution in [0.15, 0.2) is 0 Å². The van der Waals surface area contributed by atoms with Gasteiger partial charge in [0.25, 0.3) is 0 Å². The van der Waals surface area contributed by atoms with Crippen molar-refractivity contribution in [2.75, 3.05) is 13.2 Å². The lowest BCUT2D eigenvalue weighted by Gasteiger charge is -2.40. The van der Waals surface area contributed by atoms with Crippen molar-refractivity contribution in [3.8, 4) is 0 Å². The van der Waals surface area contributed by atoms with Crippen molar-refractivity contribution in [1.82, 2.24) is 5.32 Å². The Bertz CT molecular complexity index is 263. The molecule has 2 saturated carbocycles. The Hall–Kier alpha value is -0.120. The maximum Gasteiger partial charge on any atom is 0.0607 e. The Labute approximate surface area is 98.2 Å². The molecular weight excluding hydrogens is 202 g/mol. The van der Waals surface area contributed by atoms with Crippen LogP contribution in [0, 0.1) is 16.7 Å². The highest BCUT2D eigenvalue weighted by Gasteiger charge is 2.61. The summed E-state index contributed by atoms with van der Waals surface area (Å²) in [4.78, 5) is 0. The van der Waals surface area contributed by atoms with E-state index in [0.29, 0.717) is 16.9 Å². The Morgan fingerprint density at radius 3 is 2.25 bits per heavy atom. The zero-order chi connectivity index (χ0) is 12.0. The minimum Gasteiger partial charge on any atom is -0.395 e. The maximum atomic E-state index is 9.15. The van der Waals surface area contributed by atoms with Crippen molar-refractivity contribution in [2.45, 2.75) is 52.1 Å². The summed E-state index contributed by atoms with van der Waals surface area (Å²) in [5.41, 5.74) is 0.709. The van der Waals surface area contributed by atoms with Gasteiger partial charge in [0.1, 0.15) is 0 Å². The van der Waals surface area contributed by atoms with E-state index in [1.54, 1.807) is 0 Å². The van der Waals surface area contributed by atoms with E-state index < -0.39 is 0 Å². The minimum absolute atomic E-state index is 0.0220. The van der Waals surface area contributed by atoms with Crippen LogP contribution in [-0.2, 0) is 0 Å². The first kappa shape index (κ1) is 12.3. The van der Waals surface area contributed by atoms with Crippen LogP contribution >= 0.6 is 0 Å². The molecule has 3 heteroatoms. The van der Waals surface area contributed by atoms with Crippen molar-refractivity contribution >= 4 is 0 Å². The number of fused-ring (bicyclic) bond motifs is 2. The highest BCUT2D eigenvalue weighted by atomic mass is 16.3. The Morgan fingerprint density at radius 1 is 1.25 bits per heavy atom. The summed E-state index contributed by atoms with van der Waals surface area (Å²) in [6.07, 6.45) is 3.80. The molecule has 2 fully saturated rings. The Balaban J connectivity index is 2.09. The van der Waals surface area contributed by atoms with Gasteiger partial charge < -0.3 is 15.5 Å². The lowest BCUT2D eigenvalue weighted by Crippen LogP contribution is -2.50. The van der Waals surface area contributed by atoms with Gasteiger partial charge >= 0.3 is 0 Å². The number of nitrogens with one attached hydrogen (secondary N) is 1.